The first-order chi connectivity index (χ1) is 9.34. The number of carbonyl (C=O) groups excluding carboxylic acids is 1. The standard InChI is InChI=1S/C12H15FN2O5/c1-12(14-2,11(16)19-3)7-20-10-5-4-8(13)6-9(10)15(17)18/h4-6,14H,7H2,1-3H3. The topological polar surface area (TPSA) is 90.7 Å². The summed E-state index contributed by atoms with van der Waals surface area (Å²) in [6.45, 7) is 1.32. The molecule has 1 aromatic carbocycles. The second-order valence-corrected chi connectivity index (χ2v) is 4.23. The number of likely N-dealkylation sites (N-methyl/N-ethyl adjacent to an activating group) is 1. The van der Waals surface area contributed by atoms with Crippen LogP contribution in [0.25, 0.3) is 0 Å². The summed E-state index contributed by atoms with van der Waals surface area (Å²) in [5, 5.41) is 13.5. The van der Waals surface area contributed by atoms with E-state index in [4.69, 9.17) is 4.74 Å². The molecule has 110 valence electrons. The number of hydrogen-bond acceptors (Lipinski definition) is 6. The fourth-order valence-corrected chi connectivity index (χ4v) is 1.44. The Morgan fingerprint density at radius 3 is 2.70 bits per heavy atom. The highest BCUT2D eigenvalue weighted by Crippen LogP contribution is 2.28. The molecule has 0 amide bonds. The maximum atomic E-state index is 13.0. The van der Waals surface area contributed by atoms with E-state index in [0.29, 0.717) is 0 Å². The van der Waals surface area contributed by atoms with Gasteiger partial charge < -0.3 is 14.8 Å². The Morgan fingerprint density at radius 1 is 1.55 bits per heavy atom. The average Bonchev–Trinajstić information content (AvgIpc) is 2.44. The van der Waals surface area contributed by atoms with E-state index in [1.54, 1.807) is 0 Å². The van der Waals surface area contributed by atoms with Gasteiger partial charge in [0, 0.05) is 0 Å². The van der Waals surface area contributed by atoms with E-state index in [9.17, 15) is 19.3 Å². The summed E-state index contributed by atoms with van der Waals surface area (Å²) in [4.78, 5) is 21.7. The molecule has 0 bridgehead atoms. The molecule has 0 aliphatic rings. The molecule has 0 spiro atoms. The molecule has 0 aliphatic carbocycles. The predicted molar refractivity (Wildman–Crippen MR) is 68.0 cm³/mol. The zero-order chi connectivity index (χ0) is 15.3. The van der Waals surface area contributed by atoms with Crippen molar-refractivity contribution in [1.82, 2.24) is 5.32 Å². The number of benzene rings is 1. The molecule has 8 heteroatoms. The van der Waals surface area contributed by atoms with E-state index in [-0.39, 0.29) is 12.4 Å². The van der Waals surface area contributed by atoms with Gasteiger partial charge in [-0.2, -0.15) is 0 Å². The highest BCUT2D eigenvalue weighted by molar-refractivity contribution is 5.80. The molecular weight excluding hydrogens is 271 g/mol. The van der Waals surface area contributed by atoms with E-state index >= 15 is 0 Å². The van der Waals surface area contributed by atoms with E-state index in [0.717, 1.165) is 18.2 Å². The largest absolute Gasteiger partial charge is 0.484 e. The number of rotatable bonds is 6. The zero-order valence-corrected chi connectivity index (χ0v) is 11.3. The normalized spacial score (nSPS) is 13.4. The molecule has 1 N–H and O–H groups in total. The van der Waals surface area contributed by atoms with Gasteiger partial charge in [-0.3, -0.25) is 10.1 Å². The van der Waals surface area contributed by atoms with Gasteiger partial charge in [-0.1, -0.05) is 0 Å². The smallest absolute Gasteiger partial charge is 0.329 e. The molecule has 0 aromatic heterocycles. The van der Waals surface area contributed by atoms with Crippen molar-refractivity contribution < 1.29 is 23.6 Å². The minimum atomic E-state index is -1.17. The van der Waals surface area contributed by atoms with Crippen LogP contribution in [0, 0.1) is 15.9 Å². The van der Waals surface area contributed by atoms with Gasteiger partial charge in [-0.05, 0) is 26.1 Å². The van der Waals surface area contributed by atoms with Crippen molar-refractivity contribution in [2.24, 2.45) is 0 Å². The van der Waals surface area contributed by atoms with Crippen LogP contribution in [0.5, 0.6) is 5.75 Å². The van der Waals surface area contributed by atoms with Gasteiger partial charge in [0.15, 0.2) is 5.75 Å². The van der Waals surface area contributed by atoms with Crippen LogP contribution >= 0.6 is 0 Å². The van der Waals surface area contributed by atoms with Crippen LogP contribution in [0.2, 0.25) is 0 Å². The maximum Gasteiger partial charge on any atom is 0.329 e. The lowest BCUT2D eigenvalue weighted by Crippen LogP contribution is -2.52. The fourth-order valence-electron chi connectivity index (χ4n) is 1.44. The molecule has 0 saturated heterocycles. The van der Waals surface area contributed by atoms with Crippen LogP contribution in [0.3, 0.4) is 0 Å². The SMILES string of the molecule is CNC(C)(COc1ccc(F)cc1[N+](=O)[O-])C(=O)OC. The van der Waals surface area contributed by atoms with Crippen molar-refractivity contribution in [2.45, 2.75) is 12.5 Å². The summed E-state index contributed by atoms with van der Waals surface area (Å²) in [7, 11) is 2.75. The lowest BCUT2D eigenvalue weighted by molar-refractivity contribution is -0.386. The highest BCUT2D eigenvalue weighted by atomic mass is 19.1. The van der Waals surface area contributed by atoms with Crippen LogP contribution in [0.15, 0.2) is 18.2 Å². The summed E-state index contributed by atoms with van der Waals surface area (Å²) < 4.78 is 22.9. The first-order valence-corrected chi connectivity index (χ1v) is 5.68. The molecule has 0 heterocycles. The van der Waals surface area contributed by atoms with Gasteiger partial charge in [0.25, 0.3) is 0 Å². The molecular formula is C12H15FN2O5. The second kappa shape index (κ2) is 6.29. The van der Waals surface area contributed by atoms with Gasteiger partial charge in [0.1, 0.15) is 18.0 Å². The first-order valence-electron chi connectivity index (χ1n) is 5.68. The Morgan fingerprint density at radius 2 is 2.20 bits per heavy atom. The van der Waals surface area contributed by atoms with Crippen molar-refractivity contribution in [1.29, 1.82) is 0 Å². The Labute approximate surface area is 114 Å². The molecule has 1 atom stereocenters. The quantitative estimate of drug-likeness (QED) is 0.481. The van der Waals surface area contributed by atoms with Gasteiger partial charge in [-0.15, -0.1) is 0 Å². The van der Waals surface area contributed by atoms with Gasteiger partial charge in [0.2, 0.25) is 0 Å². The van der Waals surface area contributed by atoms with E-state index in [1.807, 2.05) is 0 Å². The van der Waals surface area contributed by atoms with Crippen LogP contribution in [0.4, 0.5) is 10.1 Å². The molecule has 1 rings (SSSR count). The number of halogens is 1. The van der Waals surface area contributed by atoms with Crippen molar-refractivity contribution in [3.05, 3.63) is 34.1 Å². The van der Waals surface area contributed by atoms with Crippen molar-refractivity contribution in [3.8, 4) is 5.75 Å². The fraction of sp³-hybridized carbons (Fsp3) is 0.417. The molecule has 0 radical (unpaired) electrons. The van der Waals surface area contributed by atoms with Gasteiger partial charge in [0.05, 0.1) is 18.1 Å². The lowest BCUT2D eigenvalue weighted by Gasteiger charge is -2.25. The number of nitrogens with zero attached hydrogens (tertiary/aromatic N) is 1. The van der Waals surface area contributed by atoms with Crippen LogP contribution in [0.1, 0.15) is 6.92 Å². The monoisotopic (exact) mass is 286 g/mol. The zero-order valence-electron chi connectivity index (χ0n) is 11.3. The van der Waals surface area contributed by atoms with E-state index in [2.05, 4.69) is 10.1 Å². The summed E-state index contributed by atoms with van der Waals surface area (Å²) in [6, 6.07) is 2.93. The third kappa shape index (κ3) is 3.41. The number of nitro groups is 1. The van der Waals surface area contributed by atoms with Crippen molar-refractivity contribution >= 4 is 11.7 Å². The summed E-state index contributed by atoms with van der Waals surface area (Å²) >= 11 is 0. The third-order valence-corrected chi connectivity index (χ3v) is 2.82. The van der Waals surface area contributed by atoms with Gasteiger partial charge in [-0.25, -0.2) is 9.18 Å². The van der Waals surface area contributed by atoms with Gasteiger partial charge >= 0.3 is 11.7 Å². The minimum absolute atomic E-state index is 0.123. The molecule has 0 saturated carbocycles. The van der Waals surface area contributed by atoms with E-state index in [1.165, 1.54) is 21.1 Å². The first kappa shape index (κ1) is 15.8. The molecule has 20 heavy (non-hydrogen) atoms. The Kier molecular flexibility index (Phi) is 4.98. The molecule has 0 aliphatic heterocycles. The molecule has 1 unspecified atom stereocenters. The lowest BCUT2D eigenvalue weighted by atomic mass is 10.1. The highest BCUT2D eigenvalue weighted by Gasteiger charge is 2.34. The second-order valence-electron chi connectivity index (χ2n) is 4.23. The maximum absolute atomic E-state index is 13.0. The molecule has 1 aromatic rings. The number of nitrogens with one attached hydrogen (secondary N) is 1. The van der Waals surface area contributed by atoms with Crippen LogP contribution < -0.4 is 10.1 Å². The number of ether oxygens (including phenoxy) is 2. The Hall–Kier alpha value is -2.22. The summed E-state index contributed by atoms with van der Waals surface area (Å²) in [5.41, 5.74) is -1.68. The number of nitro benzene ring substituents is 1. The molecule has 0 fully saturated rings. The number of methoxy groups -OCH3 is 1. The van der Waals surface area contributed by atoms with E-state index < -0.39 is 27.9 Å². The summed E-state index contributed by atoms with van der Waals surface area (Å²) in [5.74, 6) is -1.44. The van der Waals surface area contributed by atoms with Crippen LogP contribution in [-0.2, 0) is 9.53 Å². The predicted octanol–water partition coefficient (Wildman–Crippen LogP) is 1.26. The number of esters is 1. The summed E-state index contributed by atoms with van der Waals surface area (Å²) in [6.07, 6.45) is 0. The molecule has 7 nitrogen and oxygen atoms in total. The number of carbonyl (C=O) groups is 1. The van der Waals surface area contributed by atoms with Crippen LogP contribution in [-0.4, -0.2) is 37.2 Å². The third-order valence-electron chi connectivity index (χ3n) is 2.82. The Balaban J connectivity index is 2.94. The number of hydrogen-bond donors (Lipinski definition) is 1. The average molecular weight is 286 g/mol. The van der Waals surface area contributed by atoms with Crippen molar-refractivity contribution in [3.63, 3.8) is 0 Å². The minimum Gasteiger partial charge on any atom is -0.484 e. The van der Waals surface area contributed by atoms with Crippen molar-refractivity contribution in [2.75, 3.05) is 20.8 Å². The Bertz CT molecular complexity index is 523.